The quantitative estimate of drug-likeness (QED) is 0.762. The number of benzene rings is 1. The van der Waals surface area contributed by atoms with Crippen molar-refractivity contribution in [3.63, 3.8) is 0 Å². The number of para-hydroxylation sites is 1. The third kappa shape index (κ3) is 2.29. The SMILES string of the molecule is Cc1c(C(=O)Nc2ncc(Br)s2)oc2ccccc12. The molecular formula is C13H9BrN2O2S. The Morgan fingerprint density at radius 1 is 1.42 bits per heavy atom. The molecule has 4 nitrogen and oxygen atoms in total. The highest BCUT2D eigenvalue weighted by Gasteiger charge is 2.18. The summed E-state index contributed by atoms with van der Waals surface area (Å²) in [7, 11) is 0. The average molecular weight is 337 g/mol. The lowest BCUT2D eigenvalue weighted by atomic mass is 10.1. The van der Waals surface area contributed by atoms with Gasteiger partial charge >= 0.3 is 0 Å². The largest absolute Gasteiger partial charge is 0.451 e. The first-order valence-corrected chi connectivity index (χ1v) is 7.17. The third-order valence-corrected chi connectivity index (χ3v) is 4.14. The number of aromatic nitrogens is 1. The molecule has 2 aromatic heterocycles. The minimum Gasteiger partial charge on any atom is -0.451 e. The van der Waals surface area contributed by atoms with E-state index < -0.39 is 0 Å². The van der Waals surface area contributed by atoms with E-state index in [0.717, 1.165) is 14.7 Å². The van der Waals surface area contributed by atoms with Crippen LogP contribution in [0.1, 0.15) is 16.1 Å². The Morgan fingerprint density at radius 2 is 2.21 bits per heavy atom. The van der Waals surface area contributed by atoms with Gasteiger partial charge in [0, 0.05) is 10.9 Å². The van der Waals surface area contributed by atoms with Gasteiger partial charge in [-0.2, -0.15) is 0 Å². The summed E-state index contributed by atoms with van der Waals surface area (Å²) in [6, 6.07) is 7.58. The van der Waals surface area contributed by atoms with Crippen molar-refractivity contribution in [3.8, 4) is 0 Å². The number of nitrogens with zero attached hydrogens (tertiary/aromatic N) is 1. The molecule has 0 bridgehead atoms. The molecule has 1 amide bonds. The fourth-order valence-electron chi connectivity index (χ4n) is 1.86. The maximum atomic E-state index is 12.2. The summed E-state index contributed by atoms with van der Waals surface area (Å²) in [4.78, 5) is 16.2. The van der Waals surface area contributed by atoms with E-state index in [9.17, 15) is 4.79 Å². The van der Waals surface area contributed by atoms with Crippen LogP contribution in [-0.4, -0.2) is 10.9 Å². The minimum atomic E-state index is -0.282. The molecule has 0 radical (unpaired) electrons. The number of aryl methyl sites for hydroxylation is 1. The lowest BCUT2D eigenvalue weighted by Gasteiger charge is -1.98. The number of nitrogens with one attached hydrogen (secondary N) is 1. The van der Waals surface area contributed by atoms with Crippen LogP contribution in [0.5, 0.6) is 0 Å². The highest BCUT2D eigenvalue weighted by atomic mass is 79.9. The first-order chi connectivity index (χ1) is 9.15. The Balaban J connectivity index is 1.95. The van der Waals surface area contributed by atoms with Crippen molar-refractivity contribution in [2.45, 2.75) is 6.92 Å². The molecule has 0 unspecified atom stereocenters. The molecule has 0 atom stereocenters. The maximum absolute atomic E-state index is 12.2. The van der Waals surface area contributed by atoms with Crippen molar-refractivity contribution in [3.05, 3.63) is 45.6 Å². The molecule has 6 heteroatoms. The minimum absolute atomic E-state index is 0.282. The van der Waals surface area contributed by atoms with Gasteiger partial charge in [-0.1, -0.05) is 29.5 Å². The Bertz CT molecular complexity index is 763. The van der Waals surface area contributed by atoms with Gasteiger partial charge in [-0.25, -0.2) is 4.98 Å². The lowest BCUT2D eigenvalue weighted by molar-refractivity contribution is 0.0998. The van der Waals surface area contributed by atoms with Crippen LogP contribution in [0.4, 0.5) is 5.13 Å². The lowest BCUT2D eigenvalue weighted by Crippen LogP contribution is -2.11. The summed E-state index contributed by atoms with van der Waals surface area (Å²) < 4.78 is 6.46. The number of thiazole rings is 1. The van der Waals surface area contributed by atoms with Gasteiger partial charge < -0.3 is 4.42 Å². The molecule has 0 saturated carbocycles. The van der Waals surface area contributed by atoms with E-state index >= 15 is 0 Å². The fraction of sp³-hybridized carbons (Fsp3) is 0.0769. The first-order valence-electron chi connectivity index (χ1n) is 5.56. The van der Waals surface area contributed by atoms with E-state index in [2.05, 4.69) is 26.2 Å². The summed E-state index contributed by atoms with van der Waals surface area (Å²) in [6.07, 6.45) is 1.64. The van der Waals surface area contributed by atoms with Crippen LogP contribution in [0.15, 0.2) is 38.7 Å². The van der Waals surface area contributed by atoms with Crippen LogP contribution in [0.25, 0.3) is 11.0 Å². The van der Waals surface area contributed by atoms with Crippen molar-refractivity contribution >= 4 is 49.3 Å². The van der Waals surface area contributed by atoms with Crippen LogP contribution in [-0.2, 0) is 0 Å². The molecule has 0 aliphatic heterocycles. The van der Waals surface area contributed by atoms with Crippen LogP contribution in [0.3, 0.4) is 0 Å². The van der Waals surface area contributed by atoms with E-state index in [1.807, 2.05) is 31.2 Å². The smallest absolute Gasteiger partial charge is 0.293 e. The molecule has 2 heterocycles. The zero-order valence-electron chi connectivity index (χ0n) is 9.94. The number of carbonyl (C=O) groups excluding carboxylic acids is 1. The van der Waals surface area contributed by atoms with Crippen LogP contribution in [0, 0.1) is 6.92 Å². The summed E-state index contributed by atoms with van der Waals surface area (Å²) in [6.45, 7) is 1.87. The predicted molar refractivity (Wildman–Crippen MR) is 78.7 cm³/mol. The van der Waals surface area contributed by atoms with Gasteiger partial charge in [-0.15, -0.1) is 0 Å². The molecule has 3 rings (SSSR count). The number of furan rings is 1. The zero-order valence-corrected chi connectivity index (χ0v) is 12.3. The topological polar surface area (TPSA) is 55.1 Å². The number of hydrogen-bond donors (Lipinski definition) is 1. The van der Waals surface area contributed by atoms with Crippen molar-refractivity contribution in [1.82, 2.24) is 4.98 Å². The summed E-state index contributed by atoms with van der Waals surface area (Å²) in [5.41, 5.74) is 1.55. The molecule has 3 aromatic rings. The second kappa shape index (κ2) is 4.79. The molecule has 1 aromatic carbocycles. The molecule has 0 saturated heterocycles. The van der Waals surface area contributed by atoms with Crippen molar-refractivity contribution in [2.24, 2.45) is 0 Å². The normalized spacial score (nSPS) is 10.8. The predicted octanol–water partition coefficient (Wildman–Crippen LogP) is 4.21. The highest BCUT2D eigenvalue weighted by Crippen LogP contribution is 2.27. The number of anilines is 1. The number of fused-ring (bicyclic) bond motifs is 1. The van der Waals surface area contributed by atoms with Crippen LogP contribution >= 0.6 is 27.3 Å². The van der Waals surface area contributed by atoms with Gasteiger partial charge in [-0.3, -0.25) is 10.1 Å². The molecule has 96 valence electrons. The maximum Gasteiger partial charge on any atom is 0.293 e. The molecule has 0 aliphatic rings. The van der Waals surface area contributed by atoms with E-state index in [1.54, 1.807) is 6.20 Å². The number of carbonyl (C=O) groups is 1. The Labute approximate surface area is 121 Å². The molecular weight excluding hydrogens is 328 g/mol. The van der Waals surface area contributed by atoms with Crippen LogP contribution in [0.2, 0.25) is 0 Å². The average Bonchev–Trinajstić information content (AvgIpc) is 2.94. The summed E-state index contributed by atoms with van der Waals surface area (Å²) in [5.74, 6) is 0.0445. The second-order valence-corrected chi connectivity index (χ2v) is 6.39. The van der Waals surface area contributed by atoms with Gasteiger partial charge in [0.15, 0.2) is 10.9 Å². The third-order valence-electron chi connectivity index (χ3n) is 2.75. The molecule has 0 aliphatic carbocycles. The standard InChI is InChI=1S/C13H9BrN2O2S/c1-7-8-4-2-3-5-9(8)18-11(7)12(17)16-13-15-6-10(14)19-13/h2-6H,1H3,(H,15,16,17). The Hall–Kier alpha value is -1.66. The van der Waals surface area contributed by atoms with E-state index in [-0.39, 0.29) is 5.91 Å². The van der Waals surface area contributed by atoms with Gasteiger partial charge in [0.05, 0.1) is 9.98 Å². The van der Waals surface area contributed by atoms with Crippen molar-refractivity contribution in [1.29, 1.82) is 0 Å². The zero-order chi connectivity index (χ0) is 13.4. The molecule has 19 heavy (non-hydrogen) atoms. The Kier molecular flexibility index (Phi) is 3.12. The molecule has 0 fully saturated rings. The summed E-state index contributed by atoms with van der Waals surface area (Å²) in [5, 5.41) is 4.22. The molecule has 1 N–H and O–H groups in total. The van der Waals surface area contributed by atoms with Crippen LogP contribution < -0.4 is 5.32 Å². The second-order valence-electron chi connectivity index (χ2n) is 3.98. The Morgan fingerprint density at radius 3 is 2.89 bits per heavy atom. The van der Waals surface area contributed by atoms with Gasteiger partial charge in [0.1, 0.15) is 5.58 Å². The monoisotopic (exact) mass is 336 g/mol. The number of amides is 1. The first kappa shape index (κ1) is 12.4. The molecule has 0 spiro atoms. The van der Waals surface area contributed by atoms with E-state index in [1.165, 1.54) is 11.3 Å². The van der Waals surface area contributed by atoms with Crippen molar-refractivity contribution < 1.29 is 9.21 Å². The van der Waals surface area contributed by atoms with Gasteiger partial charge in [0.25, 0.3) is 5.91 Å². The fourth-order valence-corrected chi connectivity index (χ4v) is 2.96. The number of halogens is 1. The van der Waals surface area contributed by atoms with E-state index in [0.29, 0.717) is 16.5 Å². The van der Waals surface area contributed by atoms with Crippen molar-refractivity contribution in [2.75, 3.05) is 5.32 Å². The highest BCUT2D eigenvalue weighted by molar-refractivity contribution is 9.11. The van der Waals surface area contributed by atoms with Gasteiger partial charge in [0.2, 0.25) is 0 Å². The summed E-state index contributed by atoms with van der Waals surface area (Å²) >= 11 is 4.66. The number of rotatable bonds is 2. The van der Waals surface area contributed by atoms with E-state index in [4.69, 9.17) is 4.42 Å². The number of hydrogen-bond acceptors (Lipinski definition) is 4. The van der Waals surface area contributed by atoms with Gasteiger partial charge in [-0.05, 0) is 28.9 Å².